The van der Waals surface area contributed by atoms with Gasteiger partial charge in [0, 0.05) is 13.1 Å². The average molecular weight is 382 g/mol. The van der Waals surface area contributed by atoms with E-state index in [9.17, 15) is 9.59 Å². The summed E-state index contributed by atoms with van der Waals surface area (Å²) in [6.45, 7) is 6.78. The fourth-order valence-electron chi connectivity index (χ4n) is 3.45. The summed E-state index contributed by atoms with van der Waals surface area (Å²) in [5.41, 5.74) is 0.970. The topological polar surface area (TPSA) is 67.9 Å². The van der Waals surface area contributed by atoms with Crippen molar-refractivity contribution in [3.63, 3.8) is 0 Å². The largest absolute Gasteiger partial charge is 0.497 e. The monoisotopic (exact) mass is 382 g/mol. The Bertz CT molecular complexity index is 880. The van der Waals surface area contributed by atoms with Crippen LogP contribution in [-0.2, 0) is 20.7 Å². The molecule has 2 amide bonds. The van der Waals surface area contributed by atoms with Crippen molar-refractivity contribution in [3.05, 3.63) is 54.6 Å². The summed E-state index contributed by atoms with van der Waals surface area (Å²) >= 11 is 0. The number of hydrogen-bond donors (Lipinski definition) is 1. The first-order valence-electron chi connectivity index (χ1n) is 9.39. The van der Waals surface area contributed by atoms with E-state index in [1.807, 2.05) is 48.2 Å². The zero-order valence-corrected chi connectivity index (χ0v) is 16.3. The fraction of sp³-hybridized carbons (Fsp3) is 0.364. The van der Waals surface area contributed by atoms with Gasteiger partial charge in [0.15, 0.2) is 0 Å². The van der Waals surface area contributed by atoms with Crippen molar-refractivity contribution in [3.8, 4) is 5.75 Å². The lowest BCUT2D eigenvalue weighted by atomic mass is 10.0. The van der Waals surface area contributed by atoms with E-state index in [-0.39, 0.29) is 24.0 Å². The SMILES string of the molecule is C=CC(=O)NC(C)C1CN(C(=O)Cc2cccc3ccc(OC)cc23)CCO1. The molecule has 0 saturated carbocycles. The van der Waals surface area contributed by atoms with Crippen molar-refractivity contribution < 1.29 is 19.1 Å². The molecule has 1 fully saturated rings. The molecule has 6 heteroatoms. The second kappa shape index (κ2) is 8.89. The molecule has 6 nitrogen and oxygen atoms in total. The van der Waals surface area contributed by atoms with Crippen molar-refractivity contribution in [1.82, 2.24) is 10.2 Å². The number of fused-ring (bicyclic) bond motifs is 1. The summed E-state index contributed by atoms with van der Waals surface area (Å²) in [7, 11) is 1.63. The molecule has 0 aliphatic carbocycles. The molecule has 1 aliphatic heterocycles. The molecule has 2 aromatic rings. The van der Waals surface area contributed by atoms with E-state index in [0.29, 0.717) is 26.1 Å². The van der Waals surface area contributed by atoms with Crippen LogP contribution in [0.2, 0.25) is 0 Å². The van der Waals surface area contributed by atoms with Gasteiger partial charge in [-0.05, 0) is 41.5 Å². The van der Waals surface area contributed by atoms with Crippen molar-refractivity contribution in [1.29, 1.82) is 0 Å². The molecule has 0 bridgehead atoms. The van der Waals surface area contributed by atoms with Crippen LogP contribution in [-0.4, -0.2) is 55.7 Å². The first-order chi connectivity index (χ1) is 13.5. The molecule has 3 rings (SSSR count). The van der Waals surface area contributed by atoms with Gasteiger partial charge in [-0.2, -0.15) is 0 Å². The highest BCUT2D eigenvalue weighted by Gasteiger charge is 2.28. The zero-order chi connectivity index (χ0) is 20.1. The Hall–Kier alpha value is -2.86. The number of amides is 2. The van der Waals surface area contributed by atoms with E-state index in [1.54, 1.807) is 7.11 Å². The molecule has 2 atom stereocenters. The van der Waals surface area contributed by atoms with Crippen LogP contribution >= 0.6 is 0 Å². The Morgan fingerprint density at radius 2 is 2.21 bits per heavy atom. The summed E-state index contributed by atoms with van der Waals surface area (Å²) in [6.07, 6.45) is 1.30. The van der Waals surface area contributed by atoms with E-state index in [2.05, 4.69) is 11.9 Å². The van der Waals surface area contributed by atoms with Gasteiger partial charge in [0.05, 0.1) is 32.3 Å². The third kappa shape index (κ3) is 4.51. The van der Waals surface area contributed by atoms with Crippen LogP contribution in [0.4, 0.5) is 0 Å². The van der Waals surface area contributed by atoms with Crippen molar-refractivity contribution in [2.75, 3.05) is 26.8 Å². The lowest BCUT2D eigenvalue weighted by Crippen LogP contribution is -2.53. The fourth-order valence-corrected chi connectivity index (χ4v) is 3.45. The number of ether oxygens (including phenoxy) is 2. The third-order valence-electron chi connectivity index (χ3n) is 5.08. The van der Waals surface area contributed by atoms with Gasteiger partial charge in [-0.3, -0.25) is 9.59 Å². The van der Waals surface area contributed by atoms with Crippen molar-refractivity contribution >= 4 is 22.6 Å². The molecular formula is C22H26N2O4. The summed E-state index contributed by atoms with van der Waals surface area (Å²) in [5.74, 6) is 0.570. The number of hydrogen-bond acceptors (Lipinski definition) is 4. The van der Waals surface area contributed by atoms with Crippen LogP contribution in [0.5, 0.6) is 5.75 Å². The van der Waals surface area contributed by atoms with Gasteiger partial charge in [0.2, 0.25) is 11.8 Å². The van der Waals surface area contributed by atoms with E-state index >= 15 is 0 Å². The molecule has 28 heavy (non-hydrogen) atoms. The minimum Gasteiger partial charge on any atom is -0.497 e. The van der Waals surface area contributed by atoms with Gasteiger partial charge in [-0.25, -0.2) is 0 Å². The van der Waals surface area contributed by atoms with Gasteiger partial charge in [0.25, 0.3) is 0 Å². The minimum atomic E-state index is -0.246. The Morgan fingerprint density at radius 1 is 1.39 bits per heavy atom. The molecule has 0 spiro atoms. The number of benzene rings is 2. The Balaban J connectivity index is 1.71. The number of morpholine rings is 1. The lowest BCUT2D eigenvalue weighted by Gasteiger charge is -2.36. The maximum Gasteiger partial charge on any atom is 0.243 e. The van der Waals surface area contributed by atoms with Crippen LogP contribution < -0.4 is 10.1 Å². The number of rotatable bonds is 6. The molecule has 1 saturated heterocycles. The number of carbonyl (C=O) groups excluding carboxylic acids is 2. The molecule has 1 aliphatic rings. The quantitative estimate of drug-likeness (QED) is 0.779. The molecule has 1 N–H and O–H groups in total. The normalized spacial score (nSPS) is 17.8. The predicted molar refractivity (Wildman–Crippen MR) is 108 cm³/mol. The lowest BCUT2D eigenvalue weighted by molar-refractivity contribution is -0.139. The maximum atomic E-state index is 12.9. The highest BCUT2D eigenvalue weighted by molar-refractivity contribution is 5.91. The first kappa shape index (κ1) is 19.9. The molecule has 1 heterocycles. The van der Waals surface area contributed by atoms with E-state index in [1.165, 1.54) is 6.08 Å². The van der Waals surface area contributed by atoms with Crippen LogP contribution in [0.25, 0.3) is 10.8 Å². The predicted octanol–water partition coefficient (Wildman–Crippen LogP) is 2.31. The average Bonchev–Trinajstić information content (AvgIpc) is 2.73. The van der Waals surface area contributed by atoms with Gasteiger partial charge >= 0.3 is 0 Å². The van der Waals surface area contributed by atoms with Gasteiger partial charge in [0.1, 0.15) is 5.75 Å². The van der Waals surface area contributed by atoms with Crippen LogP contribution in [0.15, 0.2) is 49.1 Å². The van der Waals surface area contributed by atoms with E-state index in [4.69, 9.17) is 9.47 Å². The molecule has 0 radical (unpaired) electrons. The molecule has 0 aromatic heterocycles. The highest BCUT2D eigenvalue weighted by atomic mass is 16.5. The molecule has 148 valence electrons. The summed E-state index contributed by atoms with van der Waals surface area (Å²) in [4.78, 5) is 26.3. The van der Waals surface area contributed by atoms with Gasteiger partial charge < -0.3 is 19.7 Å². The van der Waals surface area contributed by atoms with Gasteiger partial charge in [-0.1, -0.05) is 30.8 Å². The standard InChI is InChI=1S/C22H26N2O4/c1-4-21(25)23-15(2)20-14-24(10-11-28-20)22(26)12-17-7-5-6-16-8-9-18(27-3)13-19(16)17/h4-9,13,15,20H,1,10-12,14H2,2-3H3,(H,23,25). The summed E-state index contributed by atoms with van der Waals surface area (Å²) < 4.78 is 11.1. The summed E-state index contributed by atoms with van der Waals surface area (Å²) in [6, 6.07) is 11.6. The van der Waals surface area contributed by atoms with Crippen LogP contribution in [0, 0.1) is 0 Å². The Kier molecular flexibility index (Phi) is 6.31. The zero-order valence-electron chi connectivity index (χ0n) is 16.3. The Morgan fingerprint density at radius 3 is 2.96 bits per heavy atom. The van der Waals surface area contributed by atoms with Crippen molar-refractivity contribution in [2.24, 2.45) is 0 Å². The number of carbonyl (C=O) groups is 2. The van der Waals surface area contributed by atoms with Crippen LogP contribution in [0.1, 0.15) is 12.5 Å². The van der Waals surface area contributed by atoms with E-state index < -0.39 is 0 Å². The smallest absolute Gasteiger partial charge is 0.243 e. The second-order valence-corrected chi connectivity index (χ2v) is 6.93. The van der Waals surface area contributed by atoms with Crippen molar-refractivity contribution in [2.45, 2.75) is 25.5 Å². The number of nitrogens with one attached hydrogen (secondary N) is 1. The second-order valence-electron chi connectivity index (χ2n) is 6.93. The minimum absolute atomic E-state index is 0.0471. The number of methoxy groups -OCH3 is 1. The molecular weight excluding hydrogens is 356 g/mol. The molecule has 2 unspecified atom stereocenters. The number of nitrogens with zero attached hydrogens (tertiary/aromatic N) is 1. The third-order valence-corrected chi connectivity index (χ3v) is 5.08. The first-order valence-corrected chi connectivity index (χ1v) is 9.39. The highest BCUT2D eigenvalue weighted by Crippen LogP contribution is 2.25. The Labute approximate surface area is 165 Å². The van der Waals surface area contributed by atoms with E-state index in [0.717, 1.165) is 22.1 Å². The maximum absolute atomic E-state index is 12.9. The van der Waals surface area contributed by atoms with Crippen LogP contribution in [0.3, 0.4) is 0 Å². The molecule has 2 aromatic carbocycles. The summed E-state index contributed by atoms with van der Waals surface area (Å²) in [5, 5.41) is 4.91. The van der Waals surface area contributed by atoms with Gasteiger partial charge in [-0.15, -0.1) is 0 Å².